The van der Waals surface area contributed by atoms with Gasteiger partial charge in [0.1, 0.15) is 0 Å². The lowest BCUT2D eigenvalue weighted by molar-refractivity contribution is -0.142. The van der Waals surface area contributed by atoms with Gasteiger partial charge in [-0.2, -0.15) is 8.78 Å². The van der Waals surface area contributed by atoms with Gasteiger partial charge in [-0.05, 0) is 6.42 Å². The molecule has 1 atom stereocenters. The van der Waals surface area contributed by atoms with Crippen molar-refractivity contribution < 1.29 is 23.5 Å². The van der Waals surface area contributed by atoms with Gasteiger partial charge in [0.15, 0.2) is 0 Å². The summed E-state index contributed by atoms with van der Waals surface area (Å²) in [6.45, 7) is 1.35. The van der Waals surface area contributed by atoms with Crippen molar-refractivity contribution >= 4 is 11.9 Å². The SMILES string of the molecule is CCC(CNC(=O)C(F)F)C(=O)O. The van der Waals surface area contributed by atoms with Gasteiger partial charge >= 0.3 is 12.4 Å². The van der Waals surface area contributed by atoms with E-state index in [2.05, 4.69) is 0 Å². The predicted molar refractivity (Wildman–Crippen MR) is 40.4 cm³/mol. The van der Waals surface area contributed by atoms with E-state index in [-0.39, 0.29) is 6.54 Å². The first-order valence-corrected chi connectivity index (χ1v) is 3.77. The van der Waals surface area contributed by atoms with Crippen molar-refractivity contribution in [3.05, 3.63) is 0 Å². The smallest absolute Gasteiger partial charge is 0.315 e. The van der Waals surface area contributed by atoms with Crippen LogP contribution in [0.2, 0.25) is 0 Å². The maximum atomic E-state index is 11.6. The first-order valence-electron chi connectivity index (χ1n) is 3.77. The highest BCUT2D eigenvalue weighted by molar-refractivity contribution is 5.80. The zero-order valence-electron chi connectivity index (χ0n) is 7.09. The lowest BCUT2D eigenvalue weighted by atomic mass is 10.1. The molecule has 0 aromatic heterocycles. The highest BCUT2D eigenvalue weighted by Crippen LogP contribution is 2.01. The molecule has 0 saturated heterocycles. The van der Waals surface area contributed by atoms with E-state index in [1.807, 2.05) is 5.32 Å². The molecular formula is C7H11F2NO3. The lowest BCUT2D eigenvalue weighted by Crippen LogP contribution is -2.36. The monoisotopic (exact) mass is 195 g/mol. The van der Waals surface area contributed by atoms with Crippen molar-refractivity contribution in [2.75, 3.05) is 6.54 Å². The molecule has 0 aliphatic rings. The van der Waals surface area contributed by atoms with E-state index in [9.17, 15) is 18.4 Å². The highest BCUT2D eigenvalue weighted by atomic mass is 19.3. The molecule has 0 aliphatic heterocycles. The first-order chi connectivity index (χ1) is 5.99. The van der Waals surface area contributed by atoms with E-state index in [4.69, 9.17) is 5.11 Å². The average Bonchev–Trinajstić information content (AvgIpc) is 2.04. The molecule has 76 valence electrons. The van der Waals surface area contributed by atoms with Crippen molar-refractivity contribution in [1.29, 1.82) is 0 Å². The summed E-state index contributed by atoms with van der Waals surface area (Å²) >= 11 is 0. The van der Waals surface area contributed by atoms with E-state index < -0.39 is 24.2 Å². The molecule has 0 aromatic rings. The van der Waals surface area contributed by atoms with Crippen molar-refractivity contribution in [3.63, 3.8) is 0 Å². The maximum absolute atomic E-state index is 11.6. The summed E-state index contributed by atoms with van der Waals surface area (Å²) in [4.78, 5) is 20.7. The van der Waals surface area contributed by atoms with Gasteiger partial charge in [-0.15, -0.1) is 0 Å². The molecule has 0 radical (unpaired) electrons. The summed E-state index contributed by atoms with van der Waals surface area (Å²) in [5, 5.41) is 10.3. The van der Waals surface area contributed by atoms with Crippen LogP contribution < -0.4 is 5.32 Å². The minimum atomic E-state index is -3.09. The number of carbonyl (C=O) groups is 2. The Morgan fingerprint density at radius 1 is 1.46 bits per heavy atom. The van der Waals surface area contributed by atoms with Gasteiger partial charge in [0, 0.05) is 6.54 Å². The van der Waals surface area contributed by atoms with Crippen molar-refractivity contribution in [3.8, 4) is 0 Å². The first kappa shape index (κ1) is 11.8. The Hall–Kier alpha value is -1.20. The number of alkyl halides is 2. The molecule has 2 N–H and O–H groups in total. The fourth-order valence-corrected chi connectivity index (χ4v) is 0.707. The van der Waals surface area contributed by atoms with E-state index >= 15 is 0 Å². The molecule has 4 nitrogen and oxygen atoms in total. The fourth-order valence-electron chi connectivity index (χ4n) is 0.707. The van der Waals surface area contributed by atoms with E-state index in [1.165, 1.54) is 0 Å². The Labute approximate surface area is 73.9 Å². The Morgan fingerprint density at radius 3 is 2.31 bits per heavy atom. The van der Waals surface area contributed by atoms with Crippen LogP contribution in [0.4, 0.5) is 8.78 Å². The molecule has 0 fully saturated rings. The van der Waals surface area contributed by atoms with Crippen molar-refractivity contribution in [1.82, 2.24) is 5.32 Å². The summed E-state index contributed by atoms with van der Waals surface area (Å²) in [5.41, 5.74) is 0. The molecule has 0 bridgehead atoms. The van der Waals surface area contributed by atoms with Crippen LogP contribution in [-0.4, -0.2) is 30.0 Å². The Morgan fingerprint density at radius 2 is 2.00 bits per heavy atom. The van der Waals surface area contributed by atoms with Gasteiger partial charge in [-0.3, -0.25) is 9.59 Å². The van der Waals surface area contributed by atoms with Crippen LogP contribution in [0.3, 0.4) is 0 Å². The van der Waals surface area contributed by atoms with Crippen LogP contribution in [0.1, 0.15) is 13.3 Å². The molecule has 0 saturated carbocycles. The molecule has 0 spiro atoms. The minimum absolute atomic E-state index is 0.255. The van der Waals surface area contributed by atoms with Crippen LogP contribution in [0.5, 0.6) is 0 Å². The van der Waals surface area contributed by atoms with Gasteiger partial charge in [0.05, 0.1) is 5.92 Å². The van der Waals surface area contributed by atoms with Crippen molar-refractivity contribution in [2.45, 2.75) is 19.8 Å². The molecule has 0 heterocycles. The van der Waals surface area contributed by atoms with Crippen LogP contribution in [0.15, 0.2) is 0 Å². The number of carboxylic acid groups (broad SMARTS) is 1. The number of carbonyl (C=O) groups excluding carboxylic acids is 1. The normalized spacial score (nSPS) is 12.6. The van der Waals surface area contributed by atoms with Crippen LogP contribution >= 0.6 is 0 Å². The summed E-state index contributed by atoms with van der Waals surface area (Å²) in [5.74, 6) is -3.33. The number of rotatable bonds is 5. The Kier molecular flexibility index (Phi) is 4.94. The number of nitrogens with one attached hydrogen (secondary N) is 1. The fraction of sp³-hybridized carbons (Fsp3) is 0.714. The molecule has 13 heavy (non-hydrogen) atoms. The largest absolute Gasteiger partial charge is 0.481 e. The number of hydrogen-bond donors (Lipinski definition) is 2. The molecular weight excluding hydrogens is 184 g/mol. The topological polar surface area (TPSA) is 66.4 Å². The van der Waals surface area contributed by atoms with Gasteiger partial charge in [-0.25, -0.2) is 0 Å². The number of hydrogen-bond acceptors (Lipinski definition) is 2. The second kappa shape index (κ2) is 5.45. The van der Waals surface area contributed by atoms with Crippen LogP contribution in [0.25, 0.3) is 0 Å². The zero-order valence-corrected chi connectivity index (χ0v) is 7.09. The highest BCUT2D eigenvalue weighted by Gasteiger charge is 2.19. The van der Waals surface area contributed by atoms with Crippen LogP contribution in [0, 0.1) is 5.92 Å². The third-order valence-corrected chi connectivity index (χ3v) is 1.56. The summed E-state index contributed by atoms with van der Waals surface area (Å²) in [6.07, 6.45) is -2.80. The number of carboxylic acids is 1. The van der Waals surface area contributed by atoms with Gasteiger partial charge in [-0.1, -0.05) is 6.92 Å². The molecule has 0 rings (SSSR count). The maximum Gasteiger partial charge on any atom is 0.315 e. The van der Waals surface area contributed by atoms with E-state index in [1.54, 1.807) is 6.92 Å². The minimum Gasteiger partial charge on any atom is -0.481 e. The molecule has 1 unspecified atom stereocenters. The third-order valence-electron chi connectivity index (χ3n) is 1.56. The quantitative estimate of drug-likeness (QED) is 0.670. The van der Waals surface area contributed by atoms with Gasteiger partial charge in [0.25, 0.3) is 5.91 Å². The number of halogens is 2. The molecule has 1 amide bonds. The second-order valence-corrected chi connectivity index (χ2v) is 2.49. The Bertz CT molecular complexity index is 196. The molecule has 6 heteroatoms. The summed E-state index contributed by atoms with van der Waals surface area (Å²) in [6, 6.07) is 0. The number of amides is 1. The lowest BCUT2D eigenvalue weighted by Gasteiger charge is -2.10. The van der Waals surface area contributed by atoms with Gasteiger partial charge < -0.3 is 10.4 Å². The van der Waals surface area contributed by atoms with E-state index in [0.717, 1.165) is 0 Å². The summed E-state index contributed by atoms with van der Waals surface area (Å²) < 4.78 is 23.2. The molecule has 0 aliphatic carbocycles. The molecule has 0 aromatic carbocycles. The Balaban J connectivity index is 3.85. The average molecular weight is 195 g/mol. The number of aliphatic carboxylic acids is 1. The van der Waals surface area contributed by atoms with Crippen molar-refractivity contribution in [2.24, 2.45) is 5.92 Å². The second-order valence-electron chi connectivity index (χ2n) is 2.49. The van der Waals surface area contributed by atoms with Crippen LogP contribution in [-0.2, 0) is 9.59 Å². The third kappa shape index (κ3) is 4.39. The summed E-state index contributed by atoms with van der Waals surface area (Å²) in [7, 11) is 0. The predicted octanol–water partition coefficient (Wildman–Crippen LogP) is 0.478. The van der Waals surface area contributed by atoms with Gasteiger partial charge in [0.2, 0.25) is 0 Å². The standard InChI is InChI=1S/C7H11F2NO3/c1-2-4(7(12)13)3-10-6(11)5(8)9/h4-5H,2-3H2,1H3,(H,10,11)(H,12,13). The van der Waals surface area contributed by atoms with E-state index in [0.29, 0.717) is 6.42 Å². The zero-order chi connectivity index (χ0) is 10.4.